The van der Waals surface area contributed by atoms with Crippen molar-refractivity contribution in [2.75, 3.05) is 11.9 Å². The molecule has 0 spiro atoms. The SMILES string of the molecule is C#CCCCCNc1ncncc1C(=O)O. The van der Waals surface area contributed by atoms with Crippen LogP contribution in [0.5, 0.6) is 0 Å². The lowest BCUT2D eigenvalue weighted by molar-refractivity contribution is 0.0697. The quantitative estimate of drug-likeness (QED) is 0.558. The van der Waals surface area contributed by atoms with Gasteiger partial charge in [-0.15, -0.1) is 12.3 Å². The number of carboxylic acids is 1. The first-order chi connectivity index (χ1) is 7.75. The Morgan fingerprint density at radius 1 is 1.56 bits per heavy atom. The Labute approximate surface area is 93.9 Å². The minimum absolute atomic E-state index is 0.0828. The number of nitrogens with zero attached hydrogens (tertiary/aromatic N) is 2. The molecule has 0 aromatic carbocycles. The van der Waals surface area contributed by atoms with Gasteiger partial charge in [0, 0.05) is 19.2 Å². The second-order valence-corrected chi connectivity index (χ2v) is 3.18. The number of hydrogen-bond donors (Lipinski definition) is 2. The molecule has 0 saturated heterocycles. The number of carbonyl (C=O) groups is 1. The van der Waals surface area contributed by atoms with Gasteiger partial charge in [-0.05, 0) is 12.8 Å². The number of carboxylic acid groups (broad SMARTS) is 1. The third-order valence-corrected chi connectivity index (χ3v) is 1.98. The standard InChI is InChI=1S/C11H13N3O2/c1-2-3-4-5-6-13-10-9(11(15)16)7-12-8-14-10/h1,7-8H,3-6H2,(H,15,16)(H,12,13,14). The Morgan fingerprint density at radius 3 is 3.06 bits per heavy atom. The van der Waals surface area contributed by atoms with Crippen LogP contribution in [0.25, 0.3) is 0 Å². The minimum atomic E-state index is -1.04. The zero-order valence-corrected chi connectivity index (χ0v) is 8.81. The lowest BCUT2D eigenvalue weighted by Gasteiger charge is -2.06. The van der Waals surface area contributed by atoms with Crippen LogP contribution in [0.3, 0.4) is 0 Å². The maximum absolute atomic E-state index is 10.8. The van der Waals surface area contributed by atoms with E-state index in [1.807, 2.05) is 0 Å². The minimum Gasteiger partial charge on any atom is -0.477 e. The third-order valence-electron chi connectivity index (χ3n) is 1.98. The molecule has 2 N–H and O–H groups in total. The van der Waals surface area contributed by atoms with E-state index < -0.39 is 5.97 Å². The molecule has 0 unspecified atom stereocenters. The van der Waals surface area contributed by atoms with Crippen LogP contribution < -0.4 is 5.32 Å². The summed E-state index contributed by atoms with van der Waals surface area (Å²) < 4.78 is 0. The van der Waals surface area contributed by atoms with Crippen molar-refractivity contribution >= 4 is 11.8 Å². The Balaban J connectivity index is 2.47. The highest BCUT2D eigenvalue weighted by Gasteiger charge is 2.10. The summed E-state index contributed by atoms with van der Waals surface area (Å²) in [5, 5.41) is 11.8. The molecule has 16 heavy (non-hydrogen) atoms. The largest absolute Gasteiger partial charge is 0.477 e. The van der Waals surface area contributed by atoms with Gasteiger partial charge in [-0.2, -0.15) is 0 Å². The molecule has 1 rings (SSSR count). The van der Waals surface area contributed by atoms with E-state index in [1.54, 1.807) is 0 Å². The Hall–Kier alpha value is -2.09. The third kappa shape index (κ3) is 3.58. The summed E-state index contributed by atoms with van der Waals surface area (Å²) in [6.07, 6.45) is 10.2. The lowest BCUT2D eigenvalue weighted by Crippen LogP contribution is -2.09. The van der Waals surface area contributed by atoms with E-state index in [1.165, 1.54) is 12.5 Å². The molecule has 0 aliphatic heterocycles. The molecule has 1 aromatic rings. The van der Waals surface area contributed by atoms with E-state index in [9.17, 15) is 4.79 Å². The predicted molar refractivity (Wildman–Crippen MR) is 60.2 cm³/mol. The molecule has 0 fully saturated rings. The molecule has 0 radical (unpaired) electrons. The van der Waals surface area contributed by atoms with Crippen LogP contribution in [-0.4, -0.2) is 27.6 Å². The van der Waals surface area contributed by atoms with Crippen molar-refractivity contribution in [1.29, 1.82) is 0 Å². The maximum Gasteiger partial charge on any atom is 0.341 e. The zero-order valence-electron chi connectivity index (χ0n) is 8.81. The fourth-order valence-corrected chi connectivity index (χ4v) is 1.19. The van der Waals surface area contributed by atoms with Crippen molar-refractivity contribution in [3.05, 3.63) is 18.1 Å². The molecule has 0 saturated carbocycles. The molecule has 0 atom stereocenters. The van der Waals surface area contributed by atoms with E-state index in [-0.39, 0.29) is 5.56 Å². The van der Waals surface area contributed by atoms with Crippen molar-refractivity contribution in [3.63, 3.8) is 0 Å². The van der Waals surface area contributed by atoms with Gasteiger partial charge in [-0.1, -0.05) is 0 Å². The van der Waals surface area contributed by atoms with Crippen molar-refractivity contribution in [1.82, 2.24) is 9.97 Å². The van der Waals surface area contributed by atoms with Crippen molar-refractivity contribution < 1.29 is 9.90 Å². The molecule has 5 heteroatoms. The molecule has 0 amide bonds. The number of aromatic nitrogens is 2. The van der Waals surface area contributed by atoms with Gasteiger partial charge >= 0.3 is 5.97 Å². The maximum atomic E-state index is 10.8. The van der Waals surface area contributed by atoms with E-state index in [0.29, 0.717) is 12.4 Å². The second kappa shape index (κ2) is 6.40. The molecule has 84 valence electrons. The average molecular weight is 219 g/mol. The van der Waals surface area contributed by atoms with Crippen LogP contribution >= 0.6 is 0 Å². The molecule has 0 aliphatic carbocycles. The molecule has 1 aromatic heterocycles. The highest BCUT2D eigenvalue weighted by molar-refractivity contribution is 5.92. The number of unbranched alkanes of at least 4 members (excludes halogenated alkanes) is 2. The number of anilines is 1. The van der Waals surface area contributed by atoms with Gasteiger partial charge in [0.05, 0.1) is 0 Å². The fourth-order valence-electron chi connectivity index (χ4n) is 1.19. The number of terminal acetylenes is 1. The highest BCUT2D eigenvalue weighted by Crippen LogP contribution is 2.09. The van der Waals surface area contributed by atoms with Gasteiger partial charge in [0.25, 0.3) is 0 Å². The molecular weight excluding hydrogens is 206 g/mol. The summed E-state index contributed by atoms with van der Waals surface area (Å²) in [5.41, 5.74) is 0.0828. The van der Waals surface area contributed by atoms with Gasteiger partial charge in [0.15, 0.2) is 0 Å². The second-order valence-electron chi connectivity index (χ2n) is 3.18. The highest BCUT2D eigenvalue weighted by atomic mass is 16.4. The summed E-state index contributed by atoms with van der Waals surface area (Å²) in [5.74, 6) is 1.86. The van der Waals surface area contributed by atoms with E-state index in [4.69, 9.17) is 11.5 Å². The summed E-state index contributed by atoms with van der Waals surface area (Å²) in [4.78, 5) is 18.4. The average Bonchev–Trinajstić information content (AvgIpc) is 2.29. The first kappa shape index (κ1) is 12.0. The van der Waals surface area contributed by atoms with E-state index in [2.05, 4.69) is 21.2 Å². The number of hydrogen-bond acceptors (Lipinski definition) is 4. The monoisotopic (exact) mass is 219 g/mol. The van der Waals surface area contributed by atoms with E-state index in [0.717, 1.165) is 19.3 Å². The summed E-state index contributed by atoms with van der Waals surface area (Å²) >= 11 is 0. The van der Waals surface area contributed by atoms with Crippen LogP contribution in [0.1, 0.15) is 29.6 Å². The number of rotatable bonds is 6. The predicted octanol–water partition coefficient (Wildman–Crippen LogP) is 1.39. The number of aromatic carboxylic acids is 1. The fraction of sp³-hybridized carbons (Fsp3) is 0.364. The van der Waals surface area contributed by atoms with Crippen LogP contribution in [0, 0.1) is 12.3 Å². The Kier molecular flexibility index (Phi) is 4.80. The summed E-state index contributed by atoms with van der Waals surface area (Å²) in [7, 11) is 0. The Bertz CT molecular complexity index is 398. The summed E-state index contributed by atoms with van der Waals surface area (Å²) in [6.45, 7) is 0.652. The molecule has 0 aliphatic rings. The van der Waals surface area contributed by atoms with Gasteiger partial charge in [-0.25, -0.2) is 14.8 Å². The van der Waals surface area contributed by atoms with Gasteiger partial charge < -0.3 is 10.4 Å². The normalized spacial score (nSPS) is 9.44. The van der Waals surface area contributed by atoms with E-state index >= 15 is 0 Å². The molecule has 5 nitrogen and oxygen atoms in total. The van der Waals surface area contributed by atoms with Crippen LogP contribution in [0.15, 0.2) is 12.5 Å². The topological polar surface area (TPSA) is 75.1 Å². The van der Waals surface area contributed by atoms with Crippen LogP contribution in [0.4, 0.5) is 5.82 Å². The smallest absolute Gasteiger partial charge is 0.341 e. The molecular formula is C11H13N3O2. The number of nitrogens with one attached hydrogen (secondary N) is 1. The van der Waals surface area contributed by atoms with Crippen molar-refractivity contribution in [2.24, 2.45) is 0 Å². The first-order valence-corrected chi connectivity index (χ1v) is 4.96. The lowest BCUT2D eigenvalue weighted by atomic mass is 10.2. The van der Waals surface area contributed by atoms with Gasteiger partial charge in [-0.3, -0.25) is 0 Å². The van der Waals surface area contributed by atoms with Crippen molar-refractivity contribution in [2.45, 2.75) is 19.3 Å². The van der Waals surface area contributed by atoms with Gasteiger partial charge in [0.2, 0.25) is 0 Å². The first-order valence-electron chi connectivity index (χ1n) is 4.96. The van der Waals surface area contributed by atoms with Crippen LogP contribution in [0.2, 0.25) is 0 Å². The van der Waals surface area contributed by atoms with Gasteiger partial charge in [0.1, 0.15) is 17.7 Å². The molecule has 0 bridgehead atoms. The Morgan fingerprint density at radius 2 is 2.38 bits per heavy atom. The summed E-state index contributed by atoms with van der Waals surface area (Å²) in [6, 6.07) is 0. The van der Waals surface area contributed by atoms with Crippen LogP contribution in [-0.2, 0) is 0 Å². The zero-order chi connectivity index (χ0) is 11.8. The molecule has 1 heterocycles. The van der Waals surface area contributed by atoms with Crippen molar-refractivity contribution in [3.8, 4) is 12.3 Å².